The van der Waals surface area contributed by atoms with Crippen molar-refractivity contribution < 1.29 is 0 Å². The molecule has 0 aliphatic carbocycles. The van der Waals surface area contributed by atoms with Crippen LogP contribution >= 0.6 is 11.6 Å². The molecule has 6 heteroatoms. The Morgan fingerprint density at radius 1 is 1.11 bits per heavy atom. The maximum atomic E-state index is 6.47. The van der Waals surface area contributed by atoms with Crippen LogP contribution in [0.25, 0.3) is 5.69 Å². The summed E-state index contributed by atoms with van der Waals surface area (Å²) >= 11 is 6.47. The highest BCUT2D eigenvalue weighted by Crippen LogP contribution is 2.28. The van der Waals surface area contributed by atoms with Gasteiger partial charge in [-0.05, 0) is 19.2 Å². The molecule has 2 heterocycles. The van der Waals surface area contributed by atoms with Crippen molar-refractivity contribution >= 4 is 17.3 Å². The fourth-order valence-electron chi connectivity index (χ4n) is 3.35. The lowest BCUT2D eigenvalue weighted by molar-refractivity contribution is 0.350. The number of para-hydroxylation sites is 1. The molecule has 1 aromatic heterocycles. The van der Waals surface area contributed by atoms with Crippen molar-refractivity contribution in [1.82, 2.24) is 19.7 Å². The predicted molar refractivity (Wildman–Crippen MR) is 109 cm³/mol. The molecule has 0 fully saturated rings. The van der Waals surface area contributed by atoms with Gasteiger partial charge in [0, 0.05) is 22.7 Å². The summed E-state index contributed by atoms with van der Waals surface area (Å²) in [6, 6.07) is 16.0. The molecule has 136 valence electrons. The average molecular weight is 378 g/mol. The Kier molecular flexibility index (Phi) is 4.88. The lowest BCUT2D eigenvalue weighted by Crippen LogP contribution is -2.21. The molecular formula is C21H20ClN5. The van der Waals surface area contributed by atoms with Gasteiger partial charge < -0.3 is 0 Å². The van der Waals surface area contributed by atoms with Gasteiger partial charge in [0.1, 0.15) is 6.54 Å². The van der Waals surface area contributed by atoms with Crippen molar-refractivity contribution in [2.75, 3.05) is 13.6 Å². The predicted octanol–water partition coefficient (Wildman–Crippen LogP) is 3.89. The van der Waals surface area contributed by atoms with Crippen LogP contribution in [0.15, 0.2) is 66.2 Å². The van der Waals surface area contributed by atoms with E-state index in [2.05, 4.69) is 38.4 Å². The Balaban J connectivity index is 1.84. The third-order valence-corrected chi connectivity index (χ3v) is 4.89. The molecular weight excluding hydrogens is 358 g/mol. The van der Waals surface area contributed by atoms with E-state index < -0.39 is 0 Å². The summed E-state index contributed by atoms with van der Waals surface area (Å²) in [6.07, 6.45) is 1.88. The molecule has 0 saturated heterocycles. The Labute approximate surface area is 163 Å². The largest absolute Gasteiger partial charge is 0.295 e. The number of rotatable bonds is 5. The highest BCUT2D eigenvalue weighted by Gasteiger charge is 2.23. The second kappa shape index (κ2) is 7.47. The van der Waals surface area contributed by atoms with Gasteiger partial charge in [-0.1, -0.05) is 54.1 Å². The van der Waals surface area contributed by atoms with Crippen LogP contribution in [-0.2, 0) is 13.1 Å². The van der Waals surface area contributed by atoms with Crippen molar-refractivity contribution in [2.45, 2.75) is 13.1 Å². The molecule has 1 aliphatic heterocycles. The molecule has 0 radical (unpaired) electrons. The minimum absolute atomic E-state index is 0.452. The third kappa shape index (κ3) is 3.31. The van der Waals surface area contributed by atoms with E-state index in [0.29, 0.717) is 18.1 Å². The molecule has 0 amide bonds. The summed E-state index contributed by atoms with van der Waals surface area (Å²) < 4.78 is 2.11. The number of hydrogen-bond donors (Lipinski definition) is 0. The number of likely N-dealkylation sites (N-methyl/N-ethyl adjacent to an activating group) is 1. The van der Waals surface area contributed by atoms with Gasteiger partial charge >= 0.3 is 0 Å². The number of benzene rings is 2. The van der Waals surface area contributed by atoms with Crippen LogP contribution in [0.4, 0.5) is 0 Å². The fraction of sp³-hybridized carbons (Fsp3) is 0.190. The van der Waals surface area contributed by atoms with Crippen molar-refractivity contribution in [1.29, 1.82) is 0 Å². The van der Waals surface area contributed by atoms with Crippen molar-refractivity contribution in [3.8, 4) is 5.69 Å². The van der Waals surface area contributed by atoms with Gasteiger partial charge in [-0.2, -0.15) is 0 Å². The summed E-state index contributed by atoms with van der Waals surface area (Å²) in [5.74, 6) is 1.71. The van der Waals surface area contributed by atoms with Crippen LogP contribution in [0.3, 0.4) is 0 Å². The first kappa shape index (κ1) is 17.6. The second-order valence-corrected chi connectivity index (χ2v) is 6.92. The maximum Gasteiger partial charge on any atom is 0.159 e. The topological polar surface area (TPSA) is 46.3 Å². The summed E-state index contributed by atoms with van der Waals surface area (Å²) in [5.41, 5.74) is 3.86. The van der Waals surface area contributed by atoms with Crippen LogP contribution < -0.4 is 0 Å². The minimum Gasteiger partial charge on any atom is -0.295 e. The molecule has 5 nitrogen and oxygen atoms in total. The van der Waals surface area contributed by atoms with Crippen LogP contribution in [0.2, 0.25) is 5.02 Å². The van der Waals surface area contributed by atoms with Gasteiger partial charge in [0.15, 0.2) is 11.6 Å². The second-order valence-electron chi connectivity index (χ2n) is 6.52. The summed E-state index contributed by atoms with van der Waals surface area (Å²) in [5, 5.41) is 9.51. The number of fused-ring (bicyclic) bond motifs is 3. The van der Waals surface area contributed by atoms with Crippen LogP contribution in [0.5, 0.6) is 0 Å². The highest BCUT2D eigenvalue weighted by atomic mass is 35.5. The van der Waals surface area contributed by atoms with Crippen LogP contribution in [0, 0.1) is 0 Å². The molecule has 2 aromatic carbocycles. The van der Waals surface area contributed by atoms with Gasteiger partial charge in [-0.15, -0.1) is 16.8 Å². The standard InChI is InChI=1S/C21H20ClN5/c1-3-12-26(2)14-20-25-24-19-13-23-21(15-8-4-6-10-17(15)22)16-9-5-7-11-18(16)27(19)20/h3-11H,1,12-14H2,2H3. The first-order valence-corrected chi connectivity index (χ1v) is 9.18. The van der Waals surface area contributed by atoms with Gasteiger partial charge in [-0.25, -0.2) is 0 Å². The monoisotopic (exact) mass is 377 g/mol. The lowest BCUT2D eigenvalue weighted by Gasteiger charge is -2.17. The summed E-state index contributed by atoms with van der Waals surface area (Å²) in [7, 11) is 2.04. The zero-order valence-corrected chi connectivity index (χ0v) is 15.9. The van der Waals surface area contributed by atoms with Crippen LogP contribution in [0.1, 0.15) is 22.8 Å². The highest BCUT2D eigenvalue weighted by molar-refractivity contribution is 6.35. The van der Waals surface area contributed by atoms with E-state index in [9.17, 15) is 0 Å². The third-order valence-electron chi connectivity index (χ3n) is 4.56. The zero-order valence-electron chi connectivity index (χ0n) is 15.1. The van der Waals surface area contributed by atoms with Crippen molar-refractivity contribution in [3.63, 3.8) is 0 Å². The smallest absolute Gasteiger partial charge is 0.159 e. The molecule has 0 spiro atoms. The quantitative estimate of drug-likeness (QED) is 0.634. The Hall–Kier alpha value is -2.76. The van der Waals surface area contributed by atoms with E-state index in [-0.39, 0.29) is 0 Å². The van der Waals surface area contributed by atoms with E-state index in [1.54, 1.807) is 0 Å². The van der Waals surface area contributed by atoms with Crippen molar-refractivity contribution in [3.05, 3.63) is 89.0 Å². The molecule has 0 bridgehead atoms. The zero-order chi connectivity index (χ0) is 18.8. The van der Waals surface area contributed by atoms with Gasteiger partial charge in [0.25, 0.3) is 0 Å². The Bertz CT molecular complexity index is 1020. The summed E-state index contributed by atoms with van der Waals surface area (Å²) in [6.45, 7) is 5.71. The molecule has 0 atom stereocenters. The van der Waals surface area contributed by atoms with E-state index in [1.807, 2.05) is 49.5 Å². The number of hydrogen-bond acceptors (Lipinski definition) is 4. The Morgan fingerprint density at radius 3 is 2.63 bits per heavy atom. The average Bonchev–Trinajstić information content (AvgIpc) is 2.98. The lowest BCUT2D eigenvalue weighted by atomic mass is 10.0. The first-order valence-electron chi connectivity index (χ1n) is 8.80. The Morgan fingerprint density at radius 2 is 1.85 bits per heavy atom. The van der Waals surface area contributed by atoms with E-state index in [0.717, 1.165) is 40.7 Å². The first-order chi connectivity index (χ1) is 13.2. The SMILES string of the molecule is C=CCN(C)Cc1nnc2n1-c1ccccc1C(c1ccccc1Cl)=NC2. The molecule has 1 aliphatic rings. The molecule has 0 saturated carbocycles. The molecule has 3 aromatic rings. The number of aromatic nitrogens is 3. The van der Waals surface area contributed by atoms with E-state index in [1.165, 1.54) is 0 Å². The molecule has 0 unspecified atom stereocenters. The number of aliphatic imine (C=N–C) groups is 1. The van der Waals surface area contributed by atoms with E-state index in [4.69, 9.17) is 16.6 Å². The number of halogens is 1. The molecule has 0 N–H and O–H groups in total. The van der Waals surface area contributed by atoms with Crippen LogP contribution in [-0.4, -0.2) is 39.0 Å². The molecule has 4 rings (SSSR count). The fourth-order valence-corrected chi connectivity index (χ4v) is 3.58. The molecule has 27 heavy (non-hydrogen) atoms. The van der Waals surface area contributed by atoms with Gasteiger partial charge in [-0.3, -0.25) is 14.5 Å². The normalized spacial score (nSPS) is 12.9. The van der Waals surface area contributed by atoms with Gasteiger partial charge in [0.2, 0.25) is 0 Å². The number of nitrogens with zero attached hydrogens (tertiary/aromatic N) is 5. The van der Waals surface area contributed by atoms with Gasteiger partial charge in [0.05, 0.1) is 17.9 Å². The minimum atomic E-state index is 0.452. The van der Waals surface area contributed by atoms with E-state index >= 15 is 0 Å². The maximum absolute atomic E-state index is 6.47. The van der Waals surface area contributed by atoms with Crippen molar-refractivity contribution in [2.24, 2.45) is 4.99 Å². The summed E-state index contributed by atoms with van der Waals surface area (Å²) in [4.78, 5) is 6.99.